The molecule has 19 nitrogen and oxygen atoms in total. The number of carboxylic acids is 1. The van der Waals surface area contributed by atoms with Crippen LogP contribution in [-0.2, 0) is 37.8 Å². The molecule has 4 heterocycles. The van der Waals surface area contributed by atoms with Crippen LogP contribution in [0, 0.1) is 10.1 Å². The Morgan fingerprint density at radius 2 is 1.00 bits per heavy atom. The molecule has 19 heteroatoms. The fraction of sp³-hybridized carbons (Fsp3) is 0.267. The molecule has 4 aromatic heterocycles. The van der Waals surface area contributed by atoms with Gasteiger partial charge in [-0.15, -0.1) is 0 Å². The molecule has 4 rings (SSSR count). The lowest BCUT2D eigenvalue weighted by molar-refractivity contribution is -0.384. The molecule has 5 amide bonds. The van der Waals surface area contributed by atoms with E-state index < -0.39 is 40.4 Å². The number of nitrogens with one attached hydrogen (secondary N) is 5. The Bertz CT molecular complexity index is 1960. The molecule has 6 N–H and O–H groups in total. The number of aliphatic carboxylic acids is 1. The minimum Gasteiger partial charge on any atom is -0.481 e. The zero-order chi connectivity index (χ0) is 36.0. The summed E-state index contributed by atoms with van der Waals surface area (Å²) in [5.74, 6) is -3.60. The molecule has 0 aliphatic rings. The van der Waals surface area contributed by atoms with Crippen molar-refractivity contribution in [1.29, 1.82) is 0 Å². The van der Waals surface area contributed by atoms with Crippen LogP contribution in [0.1, 0.15) is 54.8 Å². The van der Waals surface area contributed by atoms with Gasteiger partial charge in [-0.05, 0) is 18.2 Å². The number of aromatic nitrogens is 4. The van der Waals surface area contributed by atoms with Crippen LogP contribution in [0.15, 0.2) is 49.1 Å². The van der Waals surface area contributed by atoms with E-state index >= 15 is 0 Å². The number of carboxylic acid groups (broad SMARTS) is 1. The van der Waals surface area contributed by atoms with E-state index in [1.54, 1.807) is 21.1 Å². The van der Waals surface area contributed by atoms with Gasteiger partial charge >= 0.3 is 5.97 Å². The van der Waals surface area contributed by atoms with E-state index in [-0.39, 0.29) is 60.1 Å². The molecule has 0 radical (unpaired) electrons. The molecule has 0 spiro atoms. The summed E-state index contributed by atoms with van der Waals surface area (Å²) in [7, 11) is 6.30. The van der Waals surface area contributed by atoms with Crippen molar-refractivity contribution >= 4 is 58.3 Å². The van der Waals surface area contributed by atoms with Crippen LogP contribution in [0.2, 0.25) is 0 Å². The van der Waals surface area contributed by atoms with Crippen molar-refractivity contribution in [2.75, 3.05) is 29.0 Å². The number of carbonyl (C=O) groups excluding carboxylic acids is 5. The van der Waals surface area contributed by atoms with Gasteiger partial charge in [0.05, 0.1) is 34.6 Å². The lowest BCUT2D eigenvalue weighted by Crippen LogP contribution is -2.28. The molecule has 0 fully saturated rings. The molecule has 0 unspecified atom stereocenters. The van der Waals surface area contributed by atoms with Crippen molar-refractivity contribution in [2.24, 2.45) is 28.2 Å². The molecular formula is C30H34N10O9. The van der Waals surface area contributed by atoms with Gasteiger partial charge in [0.2, 0.25) is 5.91 Å². The second-order valence-electron chi connectivity index (χ2n) is 11.0. The Labute approximate surface area is 278 Å². The lowest BCUT2D eigenvalue weighted by Gasteiger charge is -2.06. The van der Waals surface area contributed by atoms with E-state index in [1.807, 2.05) is 0 Å². The van der Waals surface area contributed by atoms with E-state index in [4.69, 9.17) is 5.11 Å². The second kappa shape index (κ2) is 14.8. The van der Waals surface area contributed by atoms with Gasteiger partial charge < -0.3 is 50.0 Å². The molecule has 0 atom stereocenters. The lowest BCUT2D eigenvalue weighted by atomic mass is 10.3. The highest BCUT2D eigenvalue weighted by Crippen LogP contribution is 2.20. The molecule has 0 aliphatic heterocycles. The van der Waals surface area contributed by atoms with Crippen molar-refractivity contribution in [2.45, 2.75) is 12.8 Å². The van der Waals surface area contributed by atoms with Crippen molar-refractivity contribution in [3.05, 3.63) is 81.9 Å². The summed E-state index contributed by atoms with van der Waals surface area (Å²) in [6, 6.07) is 5.47. The summed E-state index contributed by atoms with van der Waals surface area (Å²) in [5, 5.41) is 32.8. The molecule has 0 aliphatic carbocycles. The van der Waals surface area contributed by atoms with Gasteiger partial charge in [-0.25, -0.2) is 0 Å². The first-order valence-corrected chi connectivity index (χ1v) is 14.6. The second-order valence-corrected chi connectivity index (χ2v) is 11.0. The fourth-order valence-corrected chi connectivity index (χ4v) is 4.82. The third-order valence-corrected chi connectivity index (χ3v) is 7.21. The van der Waals surface area contributed by atoms with Crippen molar-refractivity contribution in [3.8, 4) is 0 Å². The van der Waals surface area contributed by atoms with Gasteiger partial charge in [-0.1, -0.05) is 0 Å². The highest BCUT2D eigenvalue weighted by Gasteiger charge is 2.20. The predicted molar refractivity (Wildman–Crippen MR) is 174 cm³/mol. The Morgan fingerprint density at radius 1 is 0.612 bits per heavy atom. The molecule has 0 saturated carbocycles. The van der Waals surface area contributed by atoms with E-state index in [9.17, 15) is 38.9 Å². The summed E-state index contributed by atoms with van der Waals surface area (Å²) in [6.07, 6.45) is 5.45. The molecule has 0 aromatic carbocycles. The first-order valence-electron chi connectivity index (χ1n) is 14.6. The Balaban J connectivity index is 1.26. The number of carbonyl (C=O) groups is 6. The summed E-state index contributed by atoms with van der Waals surface area (Å²) >= 11 is 0. The van der Waals surface area contributed by atoms with E-state index in [1.165, 1.54) is 68.3 Å². The fourth-order valence-electron chi connectivity index (χ4n) is 4.82. The van der Waals surface area contributed by atoms with Crippen molar-refractivity contribution < 1.29 is 38.8 Å². The third kappa shape index (κ3) is 8.78. The monoisotopic (exact) mass is 678 g/mol. The van der Waals surface area contributed by atoms with Crippen molar-refractivity contribution in [3.63, 3.8) is 0 Å². The molecule has 4 aromatic rings. The number of hydrogen-bond donors (Lipinski definition) is 6. The standard InChI is InChI=1S/C30H34N10O9/c1-36-15-19(35-30(47)24-12-20(40(48)49)16-39(24)4)11-21(36)27(44)31-7-5-25(41)33-17-9-23(38(3)13-17)29(46)34-18-10-22(37(2)14-18)28(45)32-8-6-26(42)43/h9-16H,5-8H2,1-4H3,(H,31,44)(H,32,45)(H,33,41)(H,34,46)(H,35,47)(H,42,43). The number of nitro groups is 1. The van der Waals surface area contributed by atoms with Gasteiger partial charge in [0.25, 0.3) is 29.3 Å². The Kier molecular flexibility index (Phi) is 10.7. The maximum atomic E-state index is 12.9. The maximum absolute atomic E-state index is 12.9. The largest absolute Gasteiger partial charge is 0.481 e. The van der Waals surface area contributed by atoms with Crippen LogP contribution in [-0.4, -0.2) is 76.9 Å². The zero-order valence-corrected chi connectivity index (χ0v) is 26.9. The number of hydrogen-bond acceptors (Lipinski definition) is 8. The quantitative estimate of drug-likeness (QED) is 0.0833. The van der Waals surface area contributed by atoms with Gasteiger partial charge in [-0.3, -0.25) is 38.9 Å². The first-order chi connectivity index (χ1) is 23.1. The number of aryl methyl sites for hydroxylation is 4. The van der Waals surface area contributed by atoms with Gasteiger partial charge in [0, 0.05) is 72.4 Å². The zero-order valence-electron chi connectivity index (χ0n) is 26.9. The highest BCUT2D eigenvalue weighted by atomic mass is 16.6. The molecular weight excluding hydrogens is 644 g/mol. The van der Waals surface area contributed by atoms with Gasteiger partial charge in [0.15, 0.2) is 0 Å². The minimum absolute atomic E-state index is 0.0229. The van der Waals surface area contributed by atoms with E-state index in [2.05, 4.69) is 26.6 Å². The first kappa shape index (κ1) is 35.2. The van der Waals surface area contributed by atoms with Crippen molar-refractivity contribution in [1.82, 2.24) is 28.9 Å². The van der Waals surface area contributed by atoms with Crippen LogP contribution in [0.3, 0.4) is 0 Å². The average Bonchev–Trinajstić information content (AvgIpc) is 3.78. The van der Waals surface area contributed by atoms with E-state index in [0.717, 1.165) is 6.07 Å². The molecule has 258 valence electrons. The number of rotatable bonds is 14. The van der Waals surface area contributed by atoms with Crippen LogP contribution < -0.4 is 26.6 Å². The van der Waals surface area contributed by atoms with Crippen LogP contribution in [0.25, 0.3) is 0 Å². The van der Waals surface area contributed by atoms with E-state index in [0.29, 0.717) is 11.4 Å². The van der Waals surface area contributed by atoms with Crippen LogP contribution in [0.5, 0.6) is 0 Å². The number of anilines is 3. The summed E-state index contributed by atoms with van der Waals surface area (Å²) in [6.45, 7) is -0.0705. The van der Waals surface area contributed by atoms with Gasteiger partial charge in [-0.2, -0.15) is 0 Å². The van der Waals surface area contributed by atoms with Gasteiger partial charge in [0.1, 0.15) is 22.8 Å². The summed E-state index contributed by atoms with van der Waals surface area (Å²) in [4.78, 5) is 84.3. The summed E-state index contributed by atoms with van der Waals surface area (Å²) in [5.41, 5.74) is 1.38. The van der Waals surface area contributed by atoms with Crippen LogP contribution >= 0.6 is 0 Å². The normalized spacial score (nSPS) is 10.7. The SMILES string of the molecule is Cn1cc(NC(=O)c2cc(NC(=O)CCNC(=O)c3cc(NC(=O)c4cc([N+](=O)[O-])cn4C)cn3C)cn2C)cc1C(=O)NCCC(=O)O. The molecule has 0 saturated heterocycles. The highest BCUT2D eigenvalue weighted by molar-refractivity contribution is 6.06. The smallest absolute Gasteiger partial charge is 0.305 e. The third-order valence-electron chi connectivity index (χ3n) is 7.21. The number of nitrogens with zero attached hydrogens (tertiary/aromatic N) is 5. The maximum Gasteiger partial charge on any atom is 0.305 e. The molecule has 49 heavy (non-hydrogen) atoms. The number of amides is 5. The average molecular weight is 679 g/mol. The van der Waals surface area contributed by atoms with Crippen LogP contribution in [0.4, 0.5) is 22.7 Å². The molecule has 0 bridgehead atoms. The minimum atomic E-state index is -1.04. The Hall–Kier alpha value is -6.66. The topological polar surface area (TPSA) is 246 Å². The Morgan fingerprint density at radius 3 is 1.43 bits per heavy atom. The predicted octanol–water partition coefficient (Wildman–Crippen LogP) is 1.42. The summed E-state index contributed by atoms with van der Waals surface area (Å²) < 4.78 is 5.78.